The molecule has 134 valence electrons. The number of hydrogen-bond acceptors (Lipinski definition) is 5. The molecule has 0 aliphatic carbocycles. The number of fused-ring (bicyclic) bond motifs is 2. The van der Waals surface area contributed by atoms with E-state index in [2.05, 4.69) is 11.0 Å². The summed E-state index contributed by atoms with van der Waals surface area (Å²) in [6.45, 7) is 4.92. The summed E-state index contributed by atoms with van der Waals surface area (Å²) in [6.07, 6.45) is -0.290. The Bertz CT molecular complexity index is 707. The van der Waals surface area contributed by atoms with Crippen molar-refractivity contribution in [3.05, 3.63) is 34.9 Å². The zero-order chi connectivity index (χ0) is 17.6. The number of benzene rings is 1. The Labute approximate surface area is 146 Å². The van der Waals surface area contributed by atoms with Crippen LogP contribution in [0.3, 0.4) is 0 Å². The maximum Gasteiger partial charge on any atom is 0.407 e. The average molecular weight is 346 g/mol. The second-order valence-electron chi connectivity index (χ2n) is 7.04. The standard InChI is InChI=1S/C18H22N2O5/c1-11-6-13-7-12(2-3-15(13)17(21)25-11)16-9-19-4-5-20(18(22)23)8-14(19)10-24-16/h2-3,7,11,14,16H,4-6,8-10H2,1H3,(H,22,23)/t11-,14+,16+/m1/s1. The van der Waals surface area contributed by atoms with E-state index in [1.807, 2.05) is 19.1 Å². The Kier molecular flexibility index (Phi) is 4.13. The molecule has 3 aliphatic rings. The Morgan fingerprint density at radius 1 is 1.28 bits per heavy atom. The number of ether oxygens (including phenoxy) is 2. The molecule has 0 radical (unpaired) electrons. The molecule has 3 atom stereocenters. The Hall–Kier alpha value is -2.12. The summed E-state index contributed by atoms with van der Waals surface area (Å²) in [5.74, 6) is -0.255. The van der Waals surface area contributed by atoms with Crippen molar-refractivity contribution in [3.8, 4) is 0 Å². The number of hydrogen-bond donors (Lipinski definition) is 1. The van der Waals surface area contributed by atoms with E-state index in [0.717, 1.165) is 30.6 Å². The predicted octanol–water partition coefficient (Wildman–Crippen LogP) is 1.52. The molecule has 0 spiro atoms. The molecule has 4 rings (SSSR count). The van der Waals surface area contributed by atoms with Gasteiger partial charge in [-0.2, -0.15) is 0 Å². The van der Waals surface area contributed by atoms with Crippen molar-refractivity contribution in [1.29, 1.82) is 0 Å². The van der Waals surface area contributed by atoms with Crippen LogP contribution in [-0.2, 0) is 15.9 Å². The number of cyclic esters (lactones) is 1. The van der Waals surface area contributed by atoms with E-state index in [0.29, 0.717) is 25.3 Å². The van der Waals surface area contributed by atoms with E-state index >= 15 is 0 Å². The number of rotatable bonds is 1. The van der Waals surface area contributed by atoms with Crippen molar-refractivity contribution in [2.75, 3.05) is 32.8 Å². The summed E-state index contributed by atoms with van der Waals surface area (Å²) in [6, 6.07) is 5.95. The Morgan fingerprint density at radius 2 is 2.12 bits per heavy atom. The zero-order valence-corrected chi connectivity index (χ0v) is 14.2. The lowest BCUT2D eigenvalue weighted by molar-refractivity contribution is -0.0867. The number of nitrogens with zero attached hydrogens (tertiary/aromatic N) is 2. The van der Waals surface area contributed by atoms with Crippen LogP contribution in [0, 0.1) is 0 Å². The van der Waals surface area contributed by atoms with Crippen molar-refractivity contribution >= 4 is 12.1 Å². The third-order valence-electron chi connectivity index (χ3n) is 5.30. The first-order chi connectivity index (χ1) is 12.0. The summed E-state index contributed by atoms with van der Waals surface area (Å²) in [5.41, 5.74) is 2.73. The zero-order valence-electron chi connectivity index (χ0n) is 14.2. The third-order valence-corrected chi connectivity index (χ3v) is 5.30. The van der Waals surface area contributed by atoms with E-state index in [-0.39, 0.29) is 24.2 Å². The number of piperazine rings is 1. The lowest BCUT2D eigenvalue weighted by Crippen LogP contribution is -2.59. The third kappa shape index (κ3) is 3.09. The molecule has 3 heterocycles. The molecule has 7 heteroatoms. The number of esters is 1. The molecule has 0 aromatic heterocycles. The summed E-state index contributed by atoms with van der Waals surface area (Å²) >= 11 is 0. The van der Waals surface area contributed by atoms with Crippen LogP contribution in [0.15, 0.2) is 18.2 Å². The highest BCUT2D eigenvalue weighted by Crippen LogP contribution is 2.30. The molecule has 25 heavy (non-hydrogen) atoms. The van der Waals surface area contributed by atoms with Gasteiger partial charge >= 0.3 is 12.1 Å². The van der Waals surface area contributed by atoms with Gasteiger partial charge < -0.3 is 19.5 Å². The Morgan fingerprint density at radius 3 is 2.92 bits per heavy atom. The monoisotopic (exact) mass is 346 g/mol. The van der Waals surface area contributed by atoms with Crippen LogP contribution < -0.4 is 0 Å². The van der Waals surface area contributed by atoms with Crippen LogP contribution in [-0.4, -0.2) is 71.9 Å². The van der Waals surface area contributed by atoms with Crippen molar-refractivity contribution in [3.63, 3.8) is 0 Å². The highest BCUT2D eigenvalue weighted by molar-refractivity contribution is 5.92. The molecule has 1 N–H and O–H groups in total. The highest BCUT2D eigenvalue weighted by atomic mass is 16.5. The van der Waals surface area contributed by atoms with Crippen molar-refractivity contribution in [2.45, 2.75) is 31.6 Å². The van der Waals surface area contributed by atoms with Crippen molar-refractivity contribution < 1.29 is 24.2 Å². The Balaban J connectivity index is 1.48. The molecule has 1 aromatic rings. The fourth-order valence-corrected chi connectivity index (χ4v) is 3.94. The molecule has 0 saturated carbocycles. The second kappa shape index (κ2) is 6.31. The van der Waals surface area contributed by atoms with Crippen LogP contribution in [0.5, 0.6) is 0 Å². The average Bonchev–Trinajstić information content (AvgIpc) is 2.60. The van der Waals surface area contributed by atoms with E-state index in [1.165, 1.54) is 4.90 Å². The van der Waals surface area contributed by atoms with Gasteiger partial charge in [0.25, 0.3) is 0 Å². The predicted molar refractivity (Wildman–Crippen MR) is 88.7 cm³/mol. The van der Waals surface area contributed by atoms with Crippen LogP contribution >= 0.6 is 0 Å². The fourth-order valence-electron chi connectivity index (χ4n) is 3.94. The van der Waals surface area contributed by atoms with Crippen LogP contribution in [0.2, 0.25) is 0 Å². The normalized spacial score (nSPS) is 29.6. The number of carbonyl (C=O) groups is 2. The molecule has 3 aliphatic heterocycles. The van der Waals surface area contributed by atoms with Gasteiger partial charge in [0, 0.05) is 32.6 Å². The van der Waals surface area contributed by atoms with E-state index in [1.54, 1.807) is 0 Å². The molecule has 1 aromatic carbocycles. The molecule has 1 amide bonds. The van der Waals surface area contributed by atoms with E-state index < -0.39 is 6.09 Å². The molecule has 7 nitrogen and oxygen atoms in total. The first-order valence-electron chi connectivity index (χ1n) is 8.68. The van der Waals surface area contributed by atoms with E-state index in [4.69, 9.17) is 14.6 Å². The fraction of sp³-hybridized carbons (Fsp3) is 0.556. The topological polar surface area (TPSA) is 79.3 Å². The summed E-state index contributed by atoms with van der Waals surface area (Å²) in [7, 11) is 0. The van der Waals surface area contributed by atoms with Gasteiger partial charge in [0.15, 0.2) is 0 Å². The highest BCUT2D eigenvalue weighted by Gasteiger charge is 2.36. The largest absolute Gasteiger partial charge is 0.465 e. The quantitative estimate of drug-likeness (QED) is 0.777. The first-order valence-corrected chi connectivity index (χ1v) is 8.68. The molecule has 2 saturated heterocycles. The maximum atomic E-state index is 11.9. The SMILES string of the molecule is C[C@@H]1Cc2cc([C@@H]3CN4CCN(C(=O)O)C[C@H]4CO3)ccc2C(=O)O1. The lowest BCUT2D eigenvalue weighted by atomic mass is 9.94. The minimum atomic E-state index is -0.863. The summed E-state index contributed by atoms with van der Waals surface area (Å²) < 4.78 is 11.3. The minimum Gasteiger partial charge on any atom is -0.465 e. The van der Waals surface area contributed by atoms with Crippen molar-refractivity contribution in [2.24, 2.45) is 0 Å². The second-order valence-corrected chi connectivity index (χ2v) is 7.04. The van der Waals surface area contributed by atoms with Gasteiger partial charge in [-0.25, -0.2) is 9.59 Å². The number of carboxylic acid groups (broad SMARTS) is 1. The minimum absolute atomic E-state index is 0.0498. The number of amides is 1. The van der Waals surface area contributed by atoms with Gasteiger partial charge in [0.1, 0.15) is 6.10 Å². The van der Waals surface area contributed by atoms with Gasteiger partial charge in [-0.15, -0.1) is 0 Å². The summed E-state index contributed by atoms with van der Waals surface area (Å²) in [4.78, 5) is 26.8. The summed E-state index contributed by atoms with van der Waals surface area (Å²) in [5, 5.41) is 9.14. The molecule has 0 unspecified atom stereocenters. The van der Waals surface area contributed by atoms with Gasteiger partial charge in [-0.3, -0.25) is 4.90 Å². The van der Waals surface area contributed by atoms with Gasteiger partial charge in [0.2, 0.25) is 0 Å². The number of morpholine rings is 1. The van der Waals surface area contributed by atoms with Crippen LogP contribution in [0.4, 0.5) is 4.79 Å². The van der Waals surface area contributed by atoms with Crippen molar-refractivity contribution in [1.82, 2.24) is 9.80 Å². The molecular weight excluding hydrogens is 324 g/mol. The lowest BCUT2D eigenvalue weighted by Gasteiger charge is -2.45. The van der Waals surface area contributed by atoms with Gasteiger partial charge in [0.05, 0.1) is 24.3 Å². The molecule has 0 bridgehead atoms. The van der Waals surface area contributed by atoms with Gasteiger partial charge in [-0.1, -0.05) is 12.1 Å². The molecule has 2 fully saturated rings. The first kappa shape index (κ1) is 16.4. The number of carbonyl (C=O) groups excluding carboxylic acids is 1. The van der Waals surface area contributed by atoms with Crippen LogP contribution in [0.1, 0.15) is 34.5 Å². The molecular formula is C18H22N2O5. The van der Waals surface area contributed by atoms with E-state index in [9.17, 15) is 9.59 Å². The van der Waals surface area contributed by atoms with Gasteiger partial charge in [-0.05, 0) is 24.1 Å². The maximum absolute atomic E-state index is 11.9. The van der Waals surface area contributed by atoms with Crippen LogP contribution in [0.25, 0.3) is 0 Å². The smallest absolute Gasteiger partial charge is 0.407 e.